The van der Waals surface area contributed by atoms with E-state index in [1.165, 1.54) is 19.1 Å². The molecule has 16 N–H and O–H groups in total. The minimum atomic E-state index is -1.16. The van der Waals surface area contributed by atoms with Crippen LogP contribution in [0.3, 0.4) is 0 Å². The molecule has 0 saturated heterocycles. The average Bonchev–Trinajstić information content (AvgIpc) is 3.67. The summed E-state index contributed by atoms with van der Waals surface area (Å²) in [6.45, 7) is 5.94. The van der Waals surface area contributed by atoms with Gasteiger partial charge in [0.05, 0.1) is 21.8 Å². The van der Waals surface area contributed by atoms with Crippen molar-refractivity contribution in [2.75, 3.05) is 19.6 Å². The molecule has 0 aliphatic heterocycles. The molecule has 3 aromatic rings. The Kier molecular flexibility index (Phi) is 21.0. The number of amides is 5. The maximum atomic E-state index is 14.2. The van der Waals surface area contributed by atoms with Crippen molar-refractivity contribution in [3.05, 3.63) is 64.2 Å². The molecule has 64 heavy (non-hydrogen) atoms. The second-order valence-corrected chi connectivity index (χ2v) is 16.6. The highest BCUT2D eigenvalue weighted by Crippen LogP contribution is 2.25. The van der Waals surface area contributed by atoms with Crippen molar-refractivity contribution in [1.29, 1.82) is 10.8 Å². The van der Waals surface area contributed by atoms with E-state index in [0.717, 1.165) is 11.3 Å². The number of nitrogens with zero attached hydrogens (tertiary/aromatic N) is 1. The molecule has 0 fully saturated rings. The largest absolute Gasteiger partial charge is 0.478 e. The highest BCUT2D eigenvalue weighted by Gasteiger charge is 2.32. The molecule has 2 aromatic carbocycles. The fourth-order valence-corrected chi connectivity index (χ4v) is 7.49. The number of guanidine groups is 2. The fraction of sp³-hybridized carbons (Fsp3) is 0.476. The van der Waals surface area contributed by atoms with Gasteiger partial charge in [0.2, 0.25) is 29.4 Å². The van der Waals surface area contributed by atoms with Gasteiger partial charge >= 0.3 is 5.97 Å². The molecule has 1 heterocycles. The van der Waals surface area contributed by atoms with Gasteiger partial charge in [0.25, 0.3) is 5.91 Å². The number of hydrogen-bond donors (Lipinski definition) is 13. The molecule has 0 bridgehead atoms. The standard InChI is InChI=1S/C42H61N13O8S/c1-23(2)20-32(54-37(60)31(10-7-19-49-42(46)47)53-36(59)30(51-24(3)56)8-4-5-17-43)38(61)52-29(9-6-18-48-41(44)45)34(57)39-55-28-16-15-27(21-33(28)64-39)35(58)50-22-25-11-13-26(14-12-25)40(62)63/h11-16,21,23,29-32H,4-10,17-20,22,43H2,1-3H3,(H,50,58)(H,51,56)(H,52,61)(H,53,59)(H,54,60)(H,62,63)(H4,44,45,48)(H4,46,47,49)/t29-,30-,31-,32-/m0/s1. The number of carbonyl (C=O) groups is 7. The maximum absolute atomic E-state index is 14.2. The SMILES string of the molecule is CC(=O)N[C@@H](CCCCN)C(=O)N[C@@H](CCCNC(=N)N)C(=O)N[C@@H](CC(C)C)C(=O)N[C@@H](CCCNC(=N)N)C(=O)c1nc2ccc(C(=O)NCc3ccc(C(=O)O)cc3)cc2s1. The summed E-state index contributed by atoms with van der Waals surface area (Å²) in [5, 5.41) is 43.2. The van der Waals surface area contributed by atoms with Crippen LogP contribution < -0.4 is 54.4 Å². The van der Waals surface area contributed by atoms with Gasteiger partial charge in [0.1, 0.15) is 18.1 Å². The number of ketones is 1. The number of Topliss-reactive ketones (excluding diaryl/α,β-unsaturated/α-hetero) is 1. The van der Waals surface area contributed by atoms with Crippen molar-refractivity contribution in [2.45, 2.75) is 103 Å². The lowest BCUT2D eigenvalue weighted by atomic mass is 10.00. The third kappa shape index (κ3) is 17.6. The molecule has 5 amide bonds. The van der Waals surface area contributed by atoms with Crippen LogP contribution in [-0.4, -0.2) is 107 Å². The number of fused-ring (bicyclic) bond motifs is 1. The molecule has 3 rings (SSSR count). The van der Waals surface area contributed by atoms with Crippen molar-refractivity contribution in [3.63, 3.8) is 0 Å². The molecule has 348 valence electrons. The zero-order valence-corrected chi connectivity index (χ0v) is 37.1. The van der Waals surface area contributed by atoms with E-state index in [0.29, 0.717) is 53.6 Å². The lowest BCUT2D eigenvalue weighted by Gasteiger charge is -2.27. The average molecular weight is 908 g/mol. The molecular weight excluding hydrogens is 847 g/mol. The summed E-state index contributed by atoms with van der Waals surface area (Å²) in [7, 11) is 0. The molecule has 0 saturated carbocycles. The van der Waals surface area contributed by atoms with E-state index >= 15 is 0 Å². The summed E-state index contributed by atoms with van der Waals surface area (Å²) in [6, 6.07) is 6.44. The van der Waals surface area contributed by atoms with E-state index in [4.69, 9.17) is 33.1 Å². The Hall–Kier alpha value is -6.68. The van der Waals surface area contributed by atoms with Crippen LogP contribution >= 0.6 is 11.3 Å². The quantitative estimate of drug-likeness (QED) is 0.0218. The van der Waals surface area contributed by atoms with Gasteiger partial charge in [0.15, 0.2) is 16.9 Å². The Bertz CT molecular complexity index is 2130. The second kappa shape index (κ2) is 26.1. The molecule has 4 atom stereocenters. The van der Waals surface area contributed by atoms with E-state index in [-0.39, 0.29) is 73.7 Å². The predicted octanol–water partition coefficient (Wildman–Crippen LogP) is 0.768. The Morgan fingerprint density at radius 3 is 1.80 bits per heavy atom. The predicted molar refractivity (Wildman–Crippen MR) is 243 cm³/mol. The number of rotatable bonds is 27. The minimum absolute atomic E-state index is 0.0579. The van der Waals surface area contributed by atoms with Crippen LogP contribution in [-0.2, 0) is 25.7 Å². The van der Waals surface area contributed by atoms with E-state index in [9.17, 15) is 33.6 Å². The van der Waals surface area contributed by atoms with Crippen LogP contribution in [0.1, 0.15) is 108 Å². The number of unbranched alkanes of at least 4 members (excludes halogenated alkanes) is 1. The van der Waals surface area contributed by atoms with Gasteiger partial charge in [-0.25, -0.2) is 9.78 Å². The monoisotopic (exact) mass is 907 g/mol. The number of nitrogens with two attached hydrogens (primary N) is 3. The van der Waals surface area contributed by atoms with Crippen LogP contribution in [0.5, 0.6) is 0 Å². The molecule has 0 aliphatic carbocycles. The molecule has 0 radical (unpaired) electrons. The van der Waals surface area contributed by atoms with E-state index in [2.05, 4.69) is 42.2 Å². The first-order chi connectivity index (χ1) is 30.4. The maximum Gasteiger partial charge on any atom is 0.335 e. The van der Waals surface area contributed by atoms with Gasteiger partial charge in [-0.1, -0.05) is 26.0 Å². The first kappa shape index (κ1) is 51.7. The molecular formula is C42H61N13O8S. The minimum Gasteiger partial charge on any atom is -0.478 e. The van der Waals surface area contributed by atoms with Gasteiger partial charge in [-0.2, -0.15) is 0 Å². The molecule has 22 heteroatoms. The summed E-state index contributed by atoms with van der Waals surface area (Å²) >= 11 is 1.03. The number of thiazole rings is 1. The number of carbonyl (C=O) groups excluding carboxylic acids is 6. The van der Waals surface area contributed by atoms with Gasteiger partial charge in [0, 0.05) is 32.1 Å². The molecule has 21 nitrogen and oxygen atoms in total. The number of carboxylic acid groups (broad SMARTS) is 1. The Morgan fingerprint density at radius 1 is 0.703 bits per heavy atom. The van der Waals surface area contributed by atoms with Crippen molar-refractivity contribution < 1.29 is 38.7 Å². The highest BCUT2D eigenvalue weighted by atomic mass is 32.1. The summed E-state index contributed by atoms with van der Waals surface area (Å²) < 4.78 is 0.529. The lowest BCUT2D eigenvalue weighted by Crippen LogP contribution is -2.58. The number of benzene rings is 2. The third-order valence-corrected chi connectivity index (χ3v) is 10.8. The Morgan fingerprint density at radius 2 is 1.23 bits per heavy atom. The summed E-state index contributed by atoms with van der Waals surface area (Å²) in [6.07, 6.45) is 2.36. The lowest BCUT2D eigenvalue weighted by molar-refractivity contribution is -0.134. The summed E-state index contributed by atoms with van der Waals surface area (Å²) in [5.41, 5.74) is 18.0. The number of carboxylic acids is 1. The Labute approximate surface area is 375 Å². The number of hydrogen-bond acceptors (Lipinski definition) is 12. The normalized spacial score (nSPS) is 12.8. The van der Waals surface area contributed by atoms with E-state index in [1.807, 2.05) is 13.8 Å². The number of aromatic nitrogens is 1. The molecule has 0 unspecified atom stereocenters. The number of aromatic carboxylic acids is 1. The zero-order chi connectivity index (χ0) is 47.3. The van der Waals surface area contributed by atoms with Crippen molar-refractivity contribution >= 4 is 74.8 Å². The second-order valence-electron chi connectivity index (χ2n) is 15.6. The van der Waals surface area contributed by atoms with Crippen LogP contribution in [0.2, 0.25) is 0 Å². The topological polar surface area (TPSA) is 363 Å². The Balaban J connectivity index is 1.84. The van der Waals surface area contributed by atoms with Crippen LogP contribution in [0.25, 0.3) is 10.2 Å². The van der Waals surface area contributed by atoms with Crippen molar-refractivity contribution in [2.24, 2.45) is 23.1 Å². The van der Waals surface area contributed by atoms with E-state index < -0.39 is 65.5 Å². The van der Waals surface area contributed by atoms with Crippen LogP contribution in [0, 0.1) is 16.7 Å². The molecule has 1 aromatic heterocycles. The zero-order valence-electron chi connectivity index (χ0n) is 36.3. The fourth-order valence-electron chi connectivity index (χ4n) is 6.49. The highest BCUT2D eigenvalue weighted by molar-refractivity contribution is 7.20. The van der Waals surface area contributed by atoms with Gasteiger partial charge < -0.3 is 59.5 Å². The smallest absolute Gasteiger partial charge is 0.335 e. The van der Waals surface area contributed by atoms with Crippen molar-refractivity contribution in [1.82, 2.24) is 42.2 Å². The summed E-state index contributed by atoms with van der Waals surface area (Å²) in [4.78, 5) is 96.5. The molecule has 0 aliphatic rings. The van der Waals surface area contributed by atoms with Gasteiger partial charge in [-0.3, -0.25) is 39.6 Å². The van der Waals surface area contributed by atoms with Gasteiger partial charge in [-0.15, -0.1) is 11.3 Å². The first-order valence-corrected chi connectivity index (χ1v) is 21.8. The van der Waals surface area contributed by atoms with Crippen LogP contribution in [0.4, 0.5) is 0 Å². The summed E-state index contributed by atoms with van der Waals surface area (Å²) in [5.74, 6) is -5.04. The van der Waals surface area contributed by atoms with Crippen molar-refractivity contribution in [3.8, 4) is 0 Å². The van der Waals surface area contributed by atoms with Crippen LogP contribution in [0.15, 0.2) is 42.5 Å². The first-order valence-electron chi connectivity index (χ1n) is 21.0. The van der Waals surface area contributed by atoms with Gasteiger partial charge in [-0.05, 0) is 99.7 Å². The number of nitrogens with one attached hydrogen (secondary N) is 9. The van der Waals surface area contributed by atoms with E-state index in [1.54, 1.807) is 30.3 Å². The molecule has 0 spiro atoms. The third-order valence-electron chi connectivity index (χ3n) is 9.73.